The van der Waals surface area contributed by atoms with Crippen LogP contribution in [0.3, 0.4) is 0 Å². The minimum absolute atomic E-state index is 0.0216. The van der Waals surface area contributed by atoms with Crippen molar-refractivity contribution in [2.45, 2.75) is 59.1 Å². The van der Waals surface area contributed by atoms with Crippen LogP contribution in [0.15, 0.2) is 42.5 Å². The molecule has 1 atom stereocenters. The van der Waals surface area contributed by atoms with Gasteiger partial charge in [-0.15, -0.1) is 0 Å². The predicted molar refractivity (Wildman–Crippen MR) is 126 cm³/mol. The molecule has 3 amide bonds. The van der Waals surface area contributed by atoms with Crippen molar-refractivity contribution in [3.8, 4) is 11.5 Å². The summed E-state index contributed by atoms with van der Waals surface area (Å²) in [4.78, 5) is 37.2. The Bertz CT molecular complexity index is 994. The molecule has 0 aromatic heterocycles. The van der Waals surface area contributed by atoms with Gasteiger partial charge in [-0.3, -0.25) is 25.2 Å². The van der Waals surface area contributed by atoms with E-state index < -0.39 is 17.9 Å². The van der Waals surface area contributed by atoms with Crippen LogP contribution in [0.4, 0.5) is 0 Å². The summed E-state index contributed by atoms with van der Waals surface area (Å²) < 4.78 is 10.9. The van der Waals surface area contributed by atoms with Crippen LogP contribution < -0.4 is 25.6 Å². The van der Waals surface area contributed by atoms with E-state index >= 15 is 0 Å². The second kappa shape index (κ2) is 10.8. The van der Waals surface area contributed by atoms with Crippen LogP contribution >= 0.6 is 0 Å². The zero-order chi connectivity index (χ0) is 24.8. The fraction of sp³-hybridized carbons (Fsp3) is 0.400. The monoisotopic (exact) mass is 455 g/mol. The molecule has 0 aliphatic heterocycles. The predicted octanol–water partition coefficient (Wildman–Crippen LogP) is 3.36. The summed E-state index contributed by atoms with van der Waals surface area (Å²) in [5.74, 6) is -0.556. The summed E-state index contributed by atoms with van der Waals surface area (Å²) in [7, 11) is 1.48. The zero-order valence-corrected chi connectivity index (χ0v) is 20.2. The normalized spacial score (nSPS) is 12.0. The van der Waals surface area contributed by atoms with E-state index in [0.717, 1.165) is 5.56 Å². The van der Waals surface area contributed by atoms with Gasteiger partial charge in [-0.25, -0.2) is 0 Å². The van der Waals surface area contributed by atoms with Gasteiger partial charge in [0.1, 0.15) is 6.04 Å². The van der Waals surface area contributed by atoms with Crippen molar-refractivity contribution in [1.29, 1.82) is 0 Å². The molecule has 3 N–H and O–H groups in total. The highest BCUT2D eigenvalue weighted by Gasteiger charge is 2.19. The number of hydrazine groups is 1. The molecule has 0 saturated heterocycles. The number of hydrogen-bond donors (Lipinski definition) is 3. The van der Waals surface area contributed by atoms with E-state index in [1.807, 2.05) is 26.0 Å². The molecule has 0 aliphatic carbocycles. The van der Waals surface area contributed by atoms with Gasteiger partial charge in [0, 0.05) is 11.1 Å². The summed E-state index contributed by atoms with van der Waals surface area (Å²) in [6.45, 7) is 11.6. The third-order valence-electron chi connectivity index (χ3n) is 4.84. The molecule has 0 bridgehead atoms. The number of ether oxygens (including phenoxy) is 2. The molecule has 2 aromatic carbocycles. The highest BCUT2D eigenvalue weighted by molar-refractivity contribution is 5.99. The quantitative estimate of drug-likeness (QED) is 0.555. The highest BCUT2D eigenvalue weighted by atomic mass is 16.5. The van der Waals surface area contributed by atoms with Gasteiger partial charge >= 0.3 is 0 Å². The molecule has 0 fully saturated rings. The Morgan fingerprint density at radius 1 is 0.818 bits per heavy atom. The lowest BCUT2D eigenvalue weighted by Crippen LogP contribution is -2.51. The van der Waals surface area contributed by atoms with E-state index in [2.05, 4.69) is 36.9 Å². The summed E-state index contributed by atoms with van der Waals surface area (Å²) in [5.41, 5.74) is 6.47. The lowest BCUT2D eigenvalue weighted by atomic mass is 9.86. The maximum Gasteiger partial charge on any atom is 0.269 e. The Labute approximate surface area is 195 Å². The number of amides is 3. The van der Waals surface area contributed by atoms with Gasteiger partial charge < -0.3 is 14.8 Å². The maximum absolute atomic E-state index is 12.5. The Balaban J connectivity index is 1.93. The highest BCUT2D eigenvalue weighted by Crippen LogP contribution is 2.29. The fourth-order valence-electron chi connectivity index (χ4n) is 2.93. The average Bonchev–Trinajstić information content (AvgIpc) is 2.76. The largest absolute Gasteiger partial charge is 0.493 e. The van der Waals surface area contributed by atoms with E-state index in [1.165, 1.54) is 20.1 Å². The molecule has 0 radical (unpaired) electrons. The molecule has 2 rings (SSSR count). The van der Waals surface area contributed by atoms with Crippen molar-refractivity contribution in [2.24, 2.45) is 0 Å². The van der Waals surface area contributed by atoms with Gasteiger partial charge in [0.2, 0.25) is 0 Å². The first-order valence-corrected chi connectivity index (χ1v) is 10.8. The fourth-order valence-corrected chi connectivity index (χ4v) is 2.93. The minimum atomic E-state index is -0.864. The van der Waals surface area contributed by atoms with Crippen molar-refractivity contribution < 1.29 is 23.9 Å². The zero-order valence-electron chi connectivity index (χ0n) is 20.2. The molecule has 8 heteroatoms. The average molecular weight is 456 g/mol. The van der Waals surface area contributed by atoms with Crippen LogP contribution in [0.25, 0.3) is 0 Å². The standard InChI is InChI=1S/C25H33N3O5/c1-15(2)33-20-13-10-18(14-21(20)32-7)24(31)28-27-22(29)16(3)26-23(30)17-8-11-19(12-9-17)25(4,5)6/h8-16H,1-7H3,(H,26,30)(H,27,29)(H,28,31)/t16-/m0/s1. The Kier molecular flexibility index (Phi) is 8.45. The number of methoxy groups -OCH3 is 1. The van der Waals surface area contributed by atoms with E-state index in [-0.39, 0.29) is 23.0 Å². The summed E-state index contributed by atoms with van der Waals surface area (Å²) in [6, 6.07) is 11.1. The van der Waals surface area contributed by atoms with Crippen molar-refractivity contribution in [1.82, 2.24) is 16.2 Å². The van der Waals surface area contributed by atoms with Gasteiger partial charge in [-0.2, -0.15) is 0 Å². The van der Waals surface area contributed by atoms with Crippen LogP contribution in [0.2, 0.25) is 0 Å². The van der Waals surface area contributed by atoms with Gasteiger partial charge in [0.15, 0.2) is 11.5 Å². The van der Waals surface area contributed by atoms with Crippen LogP contribution in [-0.4, -0.2) is 37.0 Å². The molecule has 0 saturated carbocycles. The van der Waals surface area contributed by atoms with Crippen molar-refractivity contribution in [3.63, 3.8) is 0 Å². The second-order valence-electron chi connectivity index (χ2n) is 9.00. The maximum atomic E-state index is 12.5. The third kappa shape index (κ3) is 7.24. The van der Waals surface area contributed by atoms with E-state index in [1.54, 1.807) is 24.3 Å². The Morgan fingerprint density at radius 3 is 1.97 bits per heavy atom. The van der Waals surface area contributed by atoms with Crippen molar-refractivity contribution >= 4 is 17.7 Å². The Hall–Kier alpha value is -3.55. The number of carbonyl (C=O) groups excluding carboxylic acids is 3. The number of rotatable bonds is 7. The van der Waals surface area contributed by atoms with Crippen LogP contribution in [-0.2, 0) is 10.2 Å². The van der Waals surface area contributed by atoms with Crippen LogP contribution in [0.5, 0.6) is 11.5 Å². The molecule has 2 aromatic rings. The lowest BCUT2D eigenvalue weighted by molar-refractivity contribution is -0.123. The first-order valence-electron chi connectivity index (χ1n) is 10.8. The SMILES string of the molecule is COc1cc(C(=O)NNC(=O)[C@H](C)NC(=O)c2ccc(C(C)(C)C)cc2)ccc1OC(C)C. The molecular weight excluding hydrogens is 422 g/mol. The molecule has 8 nitrogen and oxygen atoms in total. The molecule has 0 spiro atoms. The minimum Gasteiger partial charge on any atom is -0.493 e. The molecule has 33 heavy (non-hydrogen) atoms. The Morgan fingerprint density at radius 2 is 1.42 bits per heavy atom. The second-order valence-corrected chi connectivity index (χ2v) is 9.00. The first-order chi connectivity index (χ1) is 15.4. The number of benzene rings is 2. The van der Waals surface area contributed by atoms with Crippen LogP contribution in [0, 0.1) is 0 Å². The summed E-state index contributed by atoms with van der Waals surface area (Å²) in [5, 5.41) is 2.62. The topological polar surface area (TPSA) is 106 Å². The van der Waals surface area contributed by atoms with Gasteiger partial charge in [0.25, 0.3) is 17.7 Å². The smallest absolute Gasteiger partial charge is 0.269 e. The van der Waals surface area contributed by atoms with Gasteiger partial charge in [-0.05, 0) is 62.1 Å². The first kappa shape index (κ1) is 25.7. The number of hydrogen-bond acceptors (Lipinski definition) is 5. The van der Waals surface area contributed by atoms with Gasteiger partial charge in [-0.1, -0.05) is 32.9 Å². The third-order valence-corrected chi connectivity index (χ3v) is 4.84. The van der Waals surface area contributed by atoms with Crippen LogP contribution in [0.1, 0.15) is 67.8 Å². The lowest BCUT2D eigenvalue weighted by Gasteiger charge is -2.19. The van der Waals surface area contributed by atoms with Gasteiger partial charge in [0.05, 0.1) is 13.2 Å². The molecular formula is C25H33N3O5. The van der Waals surface area contributed by atoms with E-state index in [9.17, 15) is 14.4 Å². The van der Waals surface area contributed by atoms with Crippen molar-refractivity contribution in [3.05, 3.63) is 59.2 Å². The molecule has 178 valence electrons. The molecule has 0 aliphatic rings. The number of nitrogens with one attached hydrogen (secondary N) is 3. The number of carbonyl (C=O) groups is 3. The van der Waals surface area contributed by atoms with E-state index in [4.69, 9.17) is 9.47 Å². The molecule has 0 heterocycles. The van der Waals surface area contributed by atoms with Crippen molar-refractivity contribution in [2.75, 3.05) is 7.11 Å². The summed E-state index contributed by atoms with van der Waals surface area (Å²) >= 11 is 0. The summed E-state index contributed by atoms with van der Waals surface area (Å²) in [6.07, 6.45) is -0.0500. The molecule has 0 unspecified atom stereocenters. The van der Waals surface area contributed by atoms with E-state index in [0.29, 0.717) is 17.1 Å².